The van der Waals surface area contributed by atoms with E-state index in [2.05, 4.69) is 10.1 Å². The average molecular weight is 229 g/mol. The second-order valence-electron chi connectivity index (χ2n) is 4.05. The second kappa shape index (κ2) is 3.43. The normalized spacial score (nSPS) is 11.4. The molecule has 86 valence electrons. The first kappa shape index (κ1) is 10.0. The van der Waals surface area contributed by atoms with Crippen LogP contribution in [0.2, 0.25) is 0 Å². The number of aryl methyl sites for hydroxylation is 1. The van der Waals surface area contributed by atoms with Gasteiger partial charge in [-0.2, -0.15) is 5.10 Å². The zero-order valence-corrected chi connectivity index (χ0v) is 9.27. The molecule has 5 heteroatoms. The summed E-state index contributed by atoms with van der Waals surface area (Å²) in [5.41, 5.74) is 3.51. The van der Waals surface area contributed by atoms with E-state index in [1.54, 1.807) is 16.8 Å². The predicted molar refractivity (Wildman–Crippen MR) is 64.0 cm³/mol. The van der Waals surface area contributed by atoms with E-state index in [1.165, 1.54) is 0 Å². The molecule has 0 aliphatic carbocycles. The summed E-state index contributed by atoms with van der Waals surface area (Å²) < 4.78 is 1.63. The number of hydrogen-bond acceptors (Lipinski definition) is 3. The second-order valence-corrected chi connectivity index (χ2v) is 4.05. The number of aromatic amines is 1. The van der Waals surface area contributed by atoms with Gasteiger partial charge in [0.2, 0.25) is 0 Å². The maximum absolute atomic E-state index is 11.9. The summed E-state index contributed by atoms with van der Waals surface area (Å²) in [5.74, 6) is 0. The number of hydrogen-bond donors (Lipinski definition) is 2. The molecule has 17 heavy (non-hydrogen) atoms. The van der Waals surface area contributed by atoms with Crippen molar-refractivity contribution >= 4 is 16.6 Å². The zero-order chi connectivity index (χ0) is 12.0. The van der Waals surface area contributed by atoms with Gasteiger partial charge in [-0.05, 0) is 24.6 Å². The van der Waals surface area contributed by atoms with Crippen molar-refractivity contribution in [3.8, 4) is 0 Å². The molecule has 0 fully saturated rings. The van der Waals surface area contributed by atoms with E-state index in [1.807, 2.05) is 19.1 Å². The summed E-state index contributed by atoms with van der Waals surface area (Å²) in [7, 11) is 0. The van der Waals surface area contributed by atoms with Gasteiger partial charge in [0.1, 0.15) is 5.52 Å². The van der Waals surface area contributed by atoms with Crippen molar-refractivity contribution in [1.82, 2.24) is 14.6 Å². The van der Waals surface area contributed by atoms with Gasteiger partial charge < -0.3 is 10.1 Å². The van der Waals surface area contributed by atoms with E-state index in [9.17, 15) is 4.79 Å². The maximum atomic E-state index is 11.9. The Morgan fingerprint density at radius 1 is 1.47 bits per heavy atom. The van der Waals surface area contributed by atoms with Crippen LogP contribution in [-0.4, -0.2) is 19.7 Å². The van der Waals surface area contributed by atoms with E-state index in [0.717, 1.165) is 16.6 Å². The summed E-state index contributed by atoms with van der Waals surface area (Å²) >= 11 is 0. The monoisotopic (exact) mass is 229 g/mol. The molecule has 0 atom stereocenters. The molecule has 0 aliphatic rings. The summed E-state index contributed by atoms with van der Waals surface area (Å²) in [6.07, 6.45) is 1.67. The van der Waals surface area contributed by atoms with Crippen LogP contribution in [0.1, 0.15) is 11.1 Å². The Kier molecular flexibility index (Phi) is 2.02. The number of rotatable bonds is 1. The quantitative estimate of drug-likeness (QED) is 0.653. The third-order valence-electron chi connectivity index (χ3n) is 2.89. The lowest BCUT2D eigenvalue weighted by Crippen LogP contribution is -2.11. The first-order valence-corrected chi connectivity index (χ1v) is 5.31. The molecule has 2 aromatic heterocycles. The Morgan fingerprint density at radius 2 is 2.29 bits per heavy atom. The van der Waals surface area contributed by atoms with Crippen molar-refractivity contribution in [3.63, 3.8) is 0 Å². The minimum atomic E-state index is -0.164. The van der Waals surface area contributed by atoms with Crippen molar-refractivity contribution in [2.75, 3.05) is 0 Å². The predicted octanol–water partition coefficient (Wildman–Crippen LogP) is 0.977. The van der Waals surface area contributed by atoms with E-state index in [4.69, 9.17) is 5.11 Å². The molecule has 0 radical (unpaired) electrons. The van der Waals surface area contributed by atoms with Crippen molar-refractivity contribution in [3.05, 3.63) is 45.9 Å². The highest BCUT2D eigenvalue weighted by molar-refractivity contribution is 5.78. The summed E-state index contributed by atoms with van der Waals surface area (Å²) in [4.78, 5) is 14.7. The number of aliphatic hydroxyl groups excluding tert-OH is 1. The van der Waals surface area contributed by atoms with Crippen LogP contribution in [0.15, 0.2) is 29.2 Å². The maximum Gasteiger partial charge on any atom is 0.274 e. The van der Waals surface area contributed by atoms with E-state index < -0.39 is 0 Å². The van der Waals surface area contributed by atoms with Crippen LogP contribution in [0.25, 0.3) is 16.6 Å². The molecule has 0 saturated carbocycles. The summed E-state index contributed by atoms with van der Waals surface area (Å²) in [6, 6.07) is 5.42. The molecule has 1 aromatic carbocycles. The summed E-state index contributed by atoms with van der Waals surface area (Å²) in [6.45, 7) is 1.81. The van der Waals surface area contributed by atoms with Crippen LogP contribution in [0, 0.1) is 6.92 Å². The van der Waals surface area contributed by atoms with Gasteiger partial charge >= 0.3 is 0 Å². The molecule has 0 saturated heterocycles. The van der Waals surface area contributed by atoms with Crippen molar-refractivity contribution in [1.29, 1.82) is 0 Å². The van der Waals surface area contributed by atoms with Gasteiger partial charge in [-0.1, -0.05) is 6.07 Å². The van der Waals surface area contributed by atoms with E-state index in [-0.39, 0.29) is 12.2 Å². The highest BCUT2D eigenvalue weighted by Gasteiger charge is 2.08. The van der Waals surface area contributed by atoms with Crippen LogP contribution in [0.3, 0.4) is 0 Å². The molecule has 0 bridgehead atoms. The van der Waals surface area contributed by atoms with Gasteiger partial charge in [0.25, 0.3) is 5.56 Å². The fraction of sp³-hybridized carbons (Fsp3) is 0.167. The number of H-pyrrole nitrogens is 1. The number of fused-ring (bicyclic) bond motifs is 3. The fourth-order valence-electron chi connectivity index (χ4n) is 2.04. The minimum absolute atomic E-state index is 0.0475. The largest absolute Gasteiger partial charge is 0.392 e. The molecule has 0 amide bonds. The van der Waals surface area contributed by atoms with Gasteiger partial charge in [-0.25, -0.2) is 4.52 Å². The Hall–Kier alpha value is -2.14. The molecule has 3 rings (SSSR count). The van der Waals surface area contributed by atoms with E-state index >= 15 is 0 Å². The molecule has 2 N–H and O–H groups in total. The third-order valence-corrected chi connectivity index (χ3v) is 2.89. The lowest BCUT2D eigenvalue weighted by Gasteiger charge is -2.03. The van der Waals surface area contributed by atoms with Crippen LogP contribution in [0.5, 0.6) is 0 Å². The Labute approximate surface area is 96.3 Å². The Bertz CT molecular complexity index is 770. The number of nitrogens with one attached hydrogen (secondary N) is 1. The van der Waals surface area contributed by atoms with Crippen LogP contribution in [0.4, 0.5) is 0 Å². The van der Waals surface area contributed by atoms with Crippen LogP contribution in [-0.2, 0) is 6.61 Å². The number of benzene rings is 1. The smallest absolute Gasteiger partial charge is 0.274 e. The molecule has 0 unspecified atom stereocenters. The lowest BCUT2D eigenvalue weighted by atomic mass is 10.2. The number of aliphatic hydroxyl groups is 1. The Morgan fingerprint density at radius 3 is 3.06 bits per heavy atom. The standard InChI is InChI=1S/C12H11N3O2/c1-7-5-13-15-10-3-2-8(6-16)4-9(10)14-12(17)11(7)15/h2-5,16H,6H2,1H3,(H,14,17). The number of aromatic nitrogens is 3. The molecular formula is C12H11N3O2. The fourth-order valence-corrected chi connectivity index (χ4v) is 2.04. The van der Waals surface area contributed by atoms with E-state index in [0.29, 0.717) is 11.0 Å². The van der Waals surface area contributed by atoms with Gasteiger partial charge in [-0.15, -0.1) is 0 Å². The van der Waals surface area contributed by atoms with Crippen LogP contribution < -0.4 is 5.56 Å². The molecule has 0 spiro atoms. The highest BCUT2D eigenvalue weighted by atomic mass is 16.3. The first-order chi connectivity index (χ1) is 8.20. The van der Waals surface area contributed by atoms with Crippen LogP contribution >= 0.6 is 0 Å². The van der Waals surface area contributed by atoms with Crippen molar-refractivity contribution in [2.45, 2.75) is 13.5 Å². The van der Waals surface area contributed by atoms with Gasteiger partial charge in [0.05, 0.1) is 23.8 Å². The minimum Gasteiger partial charge on any atom is -0.392 e. The summed E-state index contributed by atoms with van der Waals surface area (Å²) in [5, 5.41) is 13.3. The molecule has 2 heterocycles. The first-order valence-electron chi connectivity index (χ1n) is 5.31. The van der Waals surface area contributed by atoms with Gasteiger partial charge in [0, 0.05) is 5.56 Å². The highest BCUT2D eigenvalue weighted by Crippen LogP contribution is 2.15. The SMILES string of the molecule is Cc1cnn2c1c(=O)[nH]c1cc(CO)ccc12. The molecule has 5 nitrogen and oxygen atoms in total. The lowest BCUT2D eigenvalue weighted by molar-refractivity contribution is 0.282. The molecule has 3 aromatic rings. The van der Waals surface area contributed by atoms with Crippen molar-refractivity contribution in [2.24, 2.45) is 0 Å². The van der Waals surface area contributed by atoms with Gasteiger partial charge in [0.15, 0.2) is 0 Å². The van der Waals surface area contributed by atoms with Gasteiger partial charge in [-0.3, -0.25) is 4.79 Å². The zero-order valence-electron chi connectivity index (χ0n) is 9.27. The molecule has 0 aliphatic heterocycles. The molecular weight excluding hydrogens is 218 g/mol. The number of nitrogens with zero attached hydrogens (tertiary/aromatic N) is 2. The Balaban J connectivity index is 2.53. The third kappa shape index (κ3) is 1.36. The van der Waals surface area contributed by atoms with Crippen molar-refractivity contribution < 1.29 is 5.11 Å². The average Bonchev–Trinajstić information content (AvgIpc) is 2.71. The topological polar surface area (TPSA) is 70.4 Å².